The zero-order chi connectivity index (χ0) is 31.8. The van der Waals surface area contributed by atoms with Crippen molar-refractivity contribution in [3.8, 4) is 0 Å². The molecule has 3 aliphatic heterocycles. The second kappa shape index (κ2) is 11.9. The van der Waals surface area contributed by atoms with Gasteiger partial charge in [-0.1, -0.05) is 60.7 Å². The molecule has 6 amide bonds. The number of urea groups is 1. The number of carbonyl (C=O) groups is 6. The van der Waals surface area contributed by atoms with E-state index in [9.17, 15) is 28.8 Å². The van der Waals surface area contributed by atoms with Crippen molar-refractivity contribution in [3.63, 3.8) is 0 Å². The molecule has 3 saturated heterocycles. The van der Waals surface area contributed by atoms with E-state index in [4.69, 9.17) is 10.5 Å². The average molecular weight is 623 g/mol. The number of amides is 6. The third kappa shape index (κ3) is 5.28. The van der Waals surface area contributed by atoms with E-state index in [0.717, 1.165) is 10.5 Å². The number of nitrogens with zero attached hydrogens (tertiary/aromatic N) is 3. The van der Waals surface area contributed by atoms with Crippen molar-refractivity contribution in [1.29, 1.82) is 0 Å². The van der Waals surface area contributed by atoms with Crippen LogP contribution >= 0.6 is 11.8 Å². The highest BCUT2D eigenvalue weighted by molar-refractivity contribution is 8.01. The predicted octanol–water partition coefficient (Wildman–Crippen LogP) is 0.705. The van der Waals surface area contributed by atoms with Crippen LogP contribution in [0, 0.1) is 0 Å². The lowest BCUT2D eigenvalue weighted by atomic mass is 9.89. The zero-order valence-electron chi connectivity index (χ0n) is 24.5. The van der Waals surface area contributed by atoms with Gasteiger partial charge in [-0.05, 0) is 31.9 Å². The standard InChI is InChI=1S/C30H34N6O7S/c1-4-34-15-16-35(25(40)24(34)39)28(42)33-20(19-13-9-6-10-14-19)22(37)32-21-23(38)36-26(21)44-29(2,3)30(36,31)27(41)43-17-18-11-7-5-8-12-18/h5-14,20-21,26H,4,15-17,31H2,1-3H3,(H,32,37)(H,33,42)/t20?,21-,26+,30-/m0/s1. The van der Waals surface area contributed by atoms with Crippen LogP contribution in [0.3, 0.4) is 0 Å². The number of β-lactam (4-membered cyclic amide) rings is 1. The molecular formula is C30H34N6O7S. The van der Waals surface area contributed by atoms with E-state index >= 15 is 0 Å². The van der Waals surface area contributed by atoms with Crippen LogP contribution in [-0.2, 0) is 35.3 Å². The Hall–Kier alpha value is -4.43. The Morgan fingerprint density at radius 1 is 1.00 bits per heavy atom. The topological polar surface area (TPSA) is 171 Å². The van der Waals surface area contributed by atoms with Crippen molar-refractivity contribution < 1.29 is 33.5 Å². The third-order valence-corrected chi connectivity index (χ3v) is 9.80. The van der Waals surface area contributed by atoms with Crippen molar-refractivity contribution in [1.82, 2.24) is 25.3 Å². The van der Waals surface area contributed by atoms with Crippen molar-refractivity contribution in [2.24, 2.45) is 5.73 Å². The number of ether oxygens (including phenoxy) is 1. The van der Waals surface area contributed by atoms with Crippen molar-refractivity contribution >= 4 is 47.4 Å². The molecule has 232 valence electrons. The molecule has 0 radical (unpaired) electrons. The van der Waals surface area contributed by atoms with Crippen LogP contribution in [0.4, 0.5) is 4.79 Å². The highest BCUT2D eigenvalue weighted by atomic mass is 32.2. The smallest absolute Gasteiger partial charge is 0.349 e. The number of nitrogens with one attached hydrogen (secondary N) is 2. The molecule has 3 heterocycles. The van der Waals surface area contributed by atoms with Gasteiger partial charge >= 0.3 is 23.8 Å². The number of hydrogen-bond donors (Lipinski definition) is 3. The van der Waals surface area contributed by atoms with E-state index in [2.05, 4.69) is 10.6 Å². The van der Waals surface area contributed by atoms with Gasteiger partial charge in [-0.15, -0.1) is 11.8 Å². The second-order valence-corrected chi connectivity index (χ2v) is 12.9. The van der Waals surface area contributed by atoms with Crippen LogP contribution in [0.25, 0.3) is 0 Å². The van der Waals surface area contributed by atoms with Crippen molar-refractivity contribution in [2.45, 2.75) is 55.2 Å². The molecule has 44 heavy (non-hydrogen) atoms. The molecule has 1 unspecified atom stereocenters. The quantitative estimate of drug-likeness (QED) is 0.218. The molecule has 13 nitrogen and oxygen atoms in total. The first-order valence-electron chi connectivity index (χ1n) is 14.2. The van der Waals surface area contributed by atoms with Crippen LogP contribution in [0.1, 0.15) is 37.9 Å². The number of piperazine rings is 1. The normalized spacial score (nSPS) is 24.7. The van der Waals surface area contributed by atoms with Crippen LogP contribution in [0.5, 0.6) is 0 Å². The SMILES string of the molecule is CCN1CCN(C(=O)NC(C(=O)N[C@H]2C(=O)N3[C@@H]2SC(C)(C)[C@]3(N)C(=O)OCc2ccccc2)c2ccccc2)C(=O)C1=O. The molecule has 0 aliphatic carbocycles. The lowest BCUT2D eigenvalue weighted by Gasteiger charge is -2.48. The van der Waals surface area contributed by atoms with Gasteiger partial charge < -0.3 is 20.3 Å². The first-order chi connectivity index (χ1) is 20.9. The number of carbonyl (C=O) groups excluding carboxylic acids is 6. The molecular weight excluding hydrogens is 588 g/mol. The largest absolute Gasteiger partial charge is 0.458 e. The molecule has 4 N–H and O–H groups in total. The maximum Gasteiger partial charge on any atom is 0.349 e. The fraction of sp³-hybridized carbons (Fsp3) is 0.400. The van der Waals surface area contributed by atoms with Crippen LogP contribution in [0.15, 0.2) is 60.7 Å². The van der Waals surface area contributed by atoms with Crippen LogP contribution < -0.4 is 16.4 Å². The predicted molar refractivity (Wildman–Crippen MR) is 159 cm³/mol. The summed E-state index contributed by atoms with van der Waals surface area (Å²) in [5.41, 5.74) is 5.99. The van der Waals surface area contributed by atoms with Gasteiger partial charge in [0.05, 0.1) is 4.75 Å². The molecule has 3 aliphatic rings. The number of rotatable bonds is 8. The van der Waals surface area contributed by atoms with Crippen LogP contribution in [0.2, 0.25) is 0 Å². The highest BCUT2D eigenvalue weighted by Gasteiger charge is 2.72. The number of benzene rings is 2. The number of esters is 1. The summed E-state index contributed by atoms with van der Waals surface area (Å²) in [5, 5.41) is 4.57. The minimum atomic E-state index is -1.80. The Morgan fingerprint density at radius 2 is 1.64 bits per heavy atom. The molecule has 0 saturated carbocycles. The molecule has 4 atom stereocenters. The molecule has 14 heteroatoms. The molecule has 3 fully saturated rings. The third-order valence-electron chi connectivity index (χ3n) is 8.18. The molecule has 0 aromatic heterocycles. The fourth-order valence-electron chi connectivity index (χ4n) is 5.51. The number of hydrogen-bond acceptors (Lipinski definition) is 9. The summed E-state index contributed by atoms with van der Waals surface area (Å²) in [4.78, 5) is 81.9. The van der Waals surface area contributed by atoms with Gasteiger partial charge in [0.15, 0.2) is 0 Å². The Labute approximate surface area is 258 Å². The summed E-state index contributed by atoms with van der Waals surface area (Å²) >= 11 is 1.26. The average Bonchev–Trinajstić information content (AvgIpc) is 3.22. The highest BCUT2D eigenvalue weighted by Crippen LogP contribution is 2.55. The van der Waals surface area contributed by atoms with Gasteiger partial charge in [0.2, 0.25) is 11.6 Å². The van der Waals surface area contributed by atoms with Gasteiger partial charge in [-0.2, -0.15) is 0 Å². The summed E-state index contributed by atoms with van der Waals surface area (Å²) in [6.07, 6.45) is 0. The first-order valence-corrected chi connectivity index (χ1v) is 15.1. The monoisotopic (exact) mass is 622 g/mol. The minimum Gasteiger partial charge on any atom is -0.458 e. The molecule has 0 spiro atoms. The summed E-state index contributed by atoms with van der Waals surface area (Å²) in [6, 6.07) is 14.1. The summed E-state index contributed by atoms with van der Waals surface area (Å²) in [7, 11) is 0. The summed E-state index contributed by atoms with van der Waals surface area (Å²) in [5.74, 6) is -3.85. The Morgan fingerprint density at radius 3 is 2.27 bits per heavy atom. The Balaban J connectivity index is 1.30. The number of fused-ring (bicyclic) bond motifs is 1. The number of thioether (sulfide) groups is 1. The van der Waals surface area contributed by atoms with E-state index < -0.39 is 63.5 Å². The maximum absolute atomic E-state index is 13.7. The van der Waals surface area contributed by atoms with Crippen LogP contribution in [-0.4, -0.2) is 91.8 Å². The molecule has 0 bridgehead atoms. The lowest BCUT2D eigenvalue weighted by Crippen LogP contribution is -2.79. The molecule has 2 aromatic carbocycles. The van der Waals surface area contributed by atoms with Gasteiger partial charge in [-0.3, -0.25) is 34.7 Å². The van der Waals surface area contributed by atoms with Gasteiger partial charge in [0.1, 0.15) is 24.1 Å². The van der Waals surface area contributed by atoms with E-state index in [1.807, 2.05) is 18.2 Å². The minimum absolute atomic E-state index is 0.0215. The lowest BCUT2D eigenvalue weighted by molar-refractivity contribution is -0.176. The Bertz CT molecular complexity index is 1490. The van der Waals surface area contributed by atoms with E-state index in [1.165, 1.54) is 21.6 Å². The zero-order valence-corrected chi connectivity index (χ0v) is 25.3. The van der Waals surface area contributed by atoms with E-state index in [-0.39, 0.29) is 19.7 Å². The number of nitrogens with two attached hydrogens (primary N) is 1. The fourth-order valence-corrected chi connectivity index (χ4v) is 7.17. The summed E-state index contributed by atoms with van der Waals surface area (Å²) < 4.78 is 4.56. The Kier molecular flexibility index (Phi) is 8.40. The van der Waals surface area contributed by atoms with E-state index in [1.54, 1.807) is 63.2 Å². The van der Waals surface area contributed by atoms with Gasteiger partial charge in [-0.25, -0.2) is 9.59 Å². The first kappa shape index (κ1) is 31.0. The van der Waals surface area contributed by atoms with Gasteiger partial charge in [0.25, 0.3) is 5.91 Å². The number of imide groups is 1. The second-order valence-electron chi connectivity index (χ2n) is 11.2. The maximum atomic E-state index is 13.7. The van der Waals surface area contributed by atoms with Crippen molar-refractivity contribution in [3.05, 3.63) is 71.8 Å². The van der Waals surface area contributed by atoms with E-state index in [0.29, 0.717) is 12.1 Å². The summed E-state index contributed by atoms with van der Waals surface area (Å²) in [6.45, 7) is 5.64. The number of likely N-dealkylation sites (N-methyl/N-ethyl adjacent to an activating group) is 1. The molecule has 2 aromatic rings. The van der Waals surface area contributed by atoms with Crippen molar-refractivity contribution in [2.75, 3.05) is 19.6 Å². The van der Waals surface area contributed by atoms with Gasteiger partial charge in [0, 0.05) is 19.6 Å². The molecule has 5 rings (SSSR count).